The van der Waals surface area contributed by atoms with Gasteiger partial charge in [0.1, 0.15) is 5.75 Å². The van der Waals surface area contributed by atoms with E-state index in [0.29, 0.717) is 19.1 Å². The highest BCUT2D eigenvalue weighted by Crippen LogP contribution is 2.35. The molecular formula is C15H21Br2NO2. The first-order valence-corrected chi connectivity index (χ1v) is 8.50. The fourth-order valence-electron chi connectivity index (χ4n) is 1.80. The Balaban J connectivity index is 1.94. The van der Waals surface area contributed by atoms with Gasteiger partial charge in [0.2, 0.25) is 0 Å². The molecule has 2 rings (SSSR count). The van der Waals surface area contributed by atoms with Crippen LogP contribution in [0.4, 0.5) is 0 Å². The Morgan fingerprint density at radius 3 is 2.40 bits per heavy atom. The van der Waals surface area contributed by atoms with E-state index >= 15 is 0 Å². The molecule has 1 aliphatic rings. The molecule has 0 heterocycles. The number of benzene rings is 1. The molecule has 0 saturated heterocycles. The van der Waals surface area contributed by atoms with Gasteiger partial charge in [-0.05, 0) is 76.2 Å². The fraction of sp³-hybridized carbons (Fsp3) is 0.600. The molecule has 112 valence electrons. The van der Waals surface area contributed by atoms with Gasteiger partial charge in [-0.2, -0.15) is 0 Å². The lowest BCUT2D eigenvalue weighted by Crippen LogP contribution is -2.22. The summed E-state index contributed by atoms with van der Waals surface area (Å²) in [4.78, 5) is 0. The van der Waals surface area contributed by atoms with Crippen LogP contribution in [0.1, 0.15) is 38.7 Å². The maximum atomic E-state index is 9.69. The topological polar surface area (TPSA) is 41.5 Å². The van der Waals surface area contributed by atoms with E-state index in [9.17, 15) is 5.11 Å². The maximum absolute atomic E-state index is 9.69. The molecule has 2 N–H and O–H groups in total. The second-order valence-electron chi connectivity index (χ2n) is 5.95. The van der Waals surface area contributed by atoms with Crippen molar-refractivity contribution in [3.63, 3.8) is 0 Å². The normalized spacial score (nSPS) is 15.4. The van der Waals surface area contributed by atoms with Crippen LogP contribution in [0.3, 0.4) is 0 Å². The van der Waals surface area contributed by atoms with Crippen molar-refractivity contribution in [3.8, 4) is 5.75 Å². The van der Waals surface area contributed by atoms with Crippen molar-refractivity contribution in [2.24, 2.45) is 0 Å². The lowest BCUT2D eigenvalue weighted by molar-refractivity contribution is 0.0551. The number of ether oxygens (including phenoxy) is 1. The number of aliphatic hydroxyl groups is 1. The van der Waals surface area contributed by atoms with Crippen molar-refractivity contribution in [2.75, 3.05) is 6.61 Å². The van der Waals surface area contributed by atoms with E-state index < -0.39 is 5.60 Å². The van der Waals surface area contributed by atoms with Gasteiger partial charge >= 0.3 is 0 Å². The van der Waals surface area contributed by atoms with Crippen LogP contribution in [-0.2, 0) is 6.54 Å². The summed E-state index contributed by atoms with van der Waals surface area (Å²) in [5.74, 6) is 0.796. The summed E-state index contributed by atoms with van der Waals surface area (Å²) < 4.78 is 7.64. The summed E-state index contributed by atoms with van der Waals surface area (Å²) >= 11 is 7.11. The monoisotopic (exact) mass is 405 g/mol. The summed E-state index contributed by atoms with van der Waals surface area (Å²) in [6, 6.07) is 4.87. The highest BCUT2D eigenvalue weighted by molar-refractivity contribution is 9.11. The Morgan fingerprint density at radius 2 is 1.90 bits per heavy atom. The summed E-state index contributed by atoms with van der Waals surface area (Å²) in [6.45, 7) is 4.94. The third-order valence-electron chi connectivity index (χ3n) is 3.19. The van der Waals surface area contributed by atoms with Crippen molar-refractivity contribution >= 4 is 31.9 Å². The van der Waals surface area contributed by atoms with Crippen LogP contribution >= 0.6 is 31.9 Å². The minimum Gasteiger partial charge on any atom is -0.491 e. The van der Waals surface area contributed by atoms with Crippen LogP contribution in [0.2, 0.25) is 0 Å². The van der Waals surface area contributed by atoms with Crippen molar-refractivity contribution < 1.29 is 9.84 Å². The van der Waals surface area contributed by atoms with Gasteiger partial charge in [-0.25, -0.2) is 0 Å². The Kier molecular flexibility index (Phi) is 5.51. The molecule has 1 aromatic rings. The smallest absolute Gasteiger partial charge is 0.147 e. The van der Waals surface area contributed by atoms with E-state index in [0.717, 1.165) is 21.2 Å². The molecule has 0 spiro atoms. The molecule has 3 nitrogen and oxygen atoms in total. The third-order valence-corrected chi connectivity index (χ3v) is 4.37. The highest BCUT2D eigenvalue weighted by Gasteiger charge is 2.20. The molecule has 0 aliphatic heterocycles. The fourth-order valence-corrected chi connectivity index (χ4v) is 3.32. The maximum Gasteiger partial charge on any atom is 0.147 e. The third kappa shape index (κ3) is 5.35. The van der Waals surface area contributed by atoms with E-state index in [-0.39, 0.29) is 0 Å². The second kappa shape index (κ2) is 6.77. The second-order valence-corrected chi connectivity index (χ2v) is 7.66. The Bertz CT molecular complexity index is 444. The van der Waals surface area contributed by atoms with Gasteiger partial charge in [0.05, 0.1) is 21.2 Å². The van der Waals surface area contributed by atoms with Crippen molar-refractivity contribution in [1.82, 2.24) is 5.32 Å². The molecular weight excluding hydrogens is 386 g/mol. The molecule has 0 bridgehead atoms. The summed E-state index contributed by atoms with van der Waals surface area (Å²) in [5, 5.41) is 13.2. The molecule has 1 fully saturated rings. The minimum absolute atomic E-state index is 0.486. The average molecular weight is 407 g/mol. The zero-order chi connectivity index (χ0) is 14.8. The van der Waals surface area contributed by atoms with Gasteiger partial charge in [0.25, 0.3) is 0 Å². The first-order valence-electron chi connectivity index (χ1n) is 6.91. The van der Waals surface area contributed by atoms with Gasteiger partial charge < -0.3 is 15.2 Å². The molecule has 5 heteroatoms. The van der Waals surface area contributed by atoms with Gasteiger partial charge in [0.15, 0.2) is 0 Å². The molecule has 0 aromatic heterocycles. The van der Waals surface area contributed by atoms with Gasteiger partial charge in [0, 0.05) is 19.0 Å². The Hall–Kier alpha value is -0.100. The van der Waals surface area contributed by atoms with Gasteiger partial charge in [-0.3, -0.25) is 0 Å². The predicted molar refractivity (Wildman–Crippen MR) is 88.1 cm³/mol. The standard InChI is InChI=1S/C15H21Br2NO2/c1-15(2,19)5-6-20-14-12(16)7-10(8-13(14)17)9-18-11-3-4-11/h7-8,11,18-19H,3-6,9H2,1-2H3. The summed E-state index contributed by atoms with van der Waals surface area (Å²) in [6.07, 6.45) is 3.18. The van der Waals surface area contributed by atoms with Crippen LogP contribution in [0.15, 0.2) is 21.1 Å². The van der Waals surface area contributed by atoms with Crippen molar-refractivity contribution in [3.05, 3.63) is 26.6 Å². The van der Waals surface area contributed by atoms with Gasteiger partial charge in [-0.1, -0.05) is 0 Å². The number of hydrogen-bond donors (Lipinski definition) is 2. The van der Waals surface area contributed by atoms with E-state index in [1.165, 1.54) is 18.4 Å². The van der Waals surface area contributed by atoms with Crippen molar-refractivity contribution in [1.29, 1.82) is 0 Å². The molecule has 1 saturated carbocycles. The lowest BCUT2D eigenvalue weighted by atomic mass is 10.1. The van der Waals surface area contributed by atoms with E-state index in [1.54, 1.807) is 13.8 Å². The predicted octanol–water partition coefficient (Wildman–Crippen LogP) is 4.00. The zero-order valence-electron chi connectivity index (χ0n) is 11.9. The van der Waals surface area contributed by atoms with Gasteiger partial charge in [-0.15, -0.1) is 0 Å². The largest absolute Gasteiger partial charge is 0.491 e. The number of hydrogen-bond acceptors (Lipinski definition) is 3. The molecule has 0 atom stereocenters. The first kappa shape index (κ1) is 16.3. The molecule has 0 radical (unpaired) electrons. The number of nitrogens with one attached hydrogen (secondary N) is 1. The molecule has 0 amide bonds. The Morgan fingerprint density at radius 1 is 1.30 bits per heavy atom. The lowest BCUT2D eigenvalue weighted by Gasteiger charge is -2.18. The quantitative estimate of drug-likeness (QED) is 0.718. The SMILES string of the molecule is CC(C)(O)CCOc1c(Br)cc(CNC2CC2)cc1Br. The molecule has 1 aliphatic carbocycles. The minimum atomic E-state index is -0.701. The Labute approximate surface area is 137 Å². The number of rotatable bonds is 7. The van der Waals surface area contributed by atoms with E-state index in [4.69, 9.17) is 4.74 Å². The van der Waals surface area contributed by atoms with Crippen LogP contribution in [-0.4, -0.2) is 23.4 Å². The highest BCUT2D eigenvalue weighted by atomic mass is 79.9. The van der Waals surface area contributed by atoms with E-state index in [2.05, 4.69) is 49.3 Å². The summed E-state index contributed by atoms with van der Waals surface area (Å²) in [7, 11) is 0. The molecule has 20 heavy (non-hydrogen) atoms. The van der Waals surface area contributed by atoms with Crippen molar-refractivity contribution in [2.45, 2.75) is 51.3 Å². The summed E-state index contributed by atoms with van der Waals surface area (Å²) in [5.41, 5.74) is 0.526. The van der Waals surface area contributed by atoms with E-state index in [1.807, 2.05) is 0 Å². The average Bonchev–Trinajstić information content (AvgIpc) is 3.12. The first-order chi connectivity index (χ1) is 9.35. The van der Waals surface area contributed by atoms with Crippen LogP contribution < -0.4 is 10.1 Å². The van der Waals surface area contributed by atoms with Crippen LogP contribution in [0.5, 0.6) is 5.75 Å². The molecule has 0 unspecified atom stereocenters. The molecule has 1 aromatic carbocycles. The zero-order valence-corrected chi connectivity index (χ0v) is 15.1. The number of halogens is 2. The van der Waals surface area contributed by atoms with Crippen LogP contribution in [0, 0.1) is 0 Å². The van der Waals surface area contributed by atoms with Crippen LogP contribution in [0.25, 0.3) is 0 Å².